The topological polar surface area (TPSA) is 56.4 Å². The molecule has 0 atom stereocenters. The third-order valence-corrected chi connectivity index (χ3v) is 2.95. The number of hydrogen-bond acceptors (Lipinski definition) is 3. The molecule has 3 N–H and O–H groups in total. The standard InChI is InChI=1S/C14H22N4OS/c1-10-5-6-11(2)12(9-10)15-14(20)17-16-13(19)7-8-18(3)4/h5-6,9H,7-8H2,1-4H3,(H,16,19)(H2,15,17,20). The zero-order chi connectivity index (χ0) is 15.1. The lowest BCUT2D eigenvalue weighted by atomic mass is 10.1. The molecule has 0 saturated heterocycles. The highest BCUT2D eigenvalue weighted by molar-refractivity contribution is 7.80. The molecule has 5 nitrogen and oxygen atoms in total. The van der Waals surface area contributed by atoms with Crippen molar-refractivity contribution in [2.75, 3.05) is 26.0 Å². The molecule has 0 aliphatic carbocycles. The molecule has 0 unspecified atom stereocenters. The van der Waals surface area contributed by atoms with E-state index in [2.05, 4.69) is 16.2 Å². The number of rotatable bonds is 4. The summed E-state index contributed by atoms with van der Waals surface area (Å²) in [5, 5.41) is 3.44. The summed E-state index contributed by atoms with van der Waals surface area (Å²) < 4.78 is 0. The monoisotopic (exact) mass is 294 g/mol. The number of aryl methyl sites for hydroxylation is 2. The van der Waals surface area contributed by atoms with Crippen molar-refractivity contribution in [3.05, 3.63) is 29.3 Å². The molecule has 0 aromatic heterocycles. The number of amides is 1. The minimum atomic E-state index is -0.0937. The number of nitrogens with one attached hydrogen (secondary N) is 3. The number of benzene rings is 1. The number of hydrogen-bond donors (Lipinski definition) is 3. The van der Waals surface area contributed by atoms with Gasteiger partial charge < -0.3 is 10.2 Å². The molecule has 0 aliphatic rings. The van der Waals surface area contributed by atoms with Crippen LogP contribution in [-0.4, -0.2) is 36.6 Å². The molecule has 0 spiro atoms. The summed E-state index contributed by atoms with van der Waals surface area (Å²) in [5.41, 5.74) is 8.46. The van der Waals surface area contributed by atoms with E-state index in [0.29, 0.717) is 18.1 Å². The van der Waals surface area contributed by atoms with Crippen LogP contribution in [-0.2, 0) is 4.79 Å². The highest BCUT2D eigenvalue weighted by Gasteiger charge is 2.04. The summed E-state index contributed by atoms with van der Waals surface area (Å²) in [4.78, 5) is 13.5. The van der Waals surface area contributed by atoms with Crippen molar-refractivity contribution in [3.8, 4) is 0 Å². The maximum absolute atomic E-state index is 11.5. The van der Waals surface area contributed by atoms with E-state index < -0.39 is 0 Å². The molecule has 0 bridgehead atoms. The number of nitrogens with zero attached hydrogens (tertiary/aromatic N) is 1. The number of carbonyl (C=O) groups is 1. The van der Waals surface area contributed by atoms with E-state index in [1.807, 2.05) is 51.0 Å². The van der Waals surface area contributed by atoms with Crippen molar-refractivity contribution in [1.82, 2.24) is 15.8 Å². The van der Waals surface area contributed by atoms with E-state index in [0.717, 1.165) is 16.8 Å². The molecule has 110 valence electrons. The highest BCUT2D eigenvalue weighted by Crippen LogP contribution is 2.15. The van der Waals surface area contributed by atoms with Crippen LogP contribution in [0.15, 0.2) is 18.2 Å². The molecule has 1 amide bonds. The van der Waals surface area contributed by atoms with Crippen LogP contribution in [0, 0.1) is 13.8 Å². The van der Waals surface area contributed by atoms with Crippen molar-refractivity contribution in [1.29, 1.82) is 0 Å². The second kappa shape index (κ2) is 7.81. The Morgan fingerprint density at radius 1 is 1.25 bits per heavy atom. The lowest BCUT2D eigenvalue weighted by molar-refractivity contribution is -0.121. The molecule has 1 aromatic rings. The van der Waals surface area contributed by atoms with E-state index in [-0.39, 0.29) is 5.91 Å². The number of thiocarbonyl (C=S) groups is 1. The second-order valence-corrected chi connectivity index (χ2v) is 5.41. The first kappa shape index (κ1) is 16.4. The predicted octanol–water partition coefficient (Wildman–Crippen LogP) is 1.57. The average Bonchev–Trinajstić information content (AvgIpc) is 2.38. The normalized spacial score (nSPS) is 10.2. The third kappa shape index (κ3) is 5.99. The van der Waals surface area contributed by atoms with E-state index in [4.69, 9.17) is 12.2 Å². The fraction of sp³-hybridized carbons (Fsp3) is 0.429. The Balaban J connectivity index is 2.40. The molecule has 20 heavy (non-hydrogen) atoms. The first-order valence-electron chi connectivity index (χ1n) is 6.46. The maximum atomic E-state index is 11.5. The summed E-state index contributed by atoms with van der Waals surface area (Å²) in [6.07, 6.45) is 0.423. The molecular weight excluding hydrogens is 272 g/mol. The van der Waals surface area contributed by atoms with Crippen LogP contribution in [0.2, 0.25) is 0 Å². The summed E-state index contributed by atoms with van der Waals surface area (Å²) in [7, 11) is 3.85. The molecule has 1 aromatic carbocycles. The van der Waals surface area contributed by atoms with Crippen LogP contribution >= 0.6 is 12.2 Å². The molecular formula is C14H22N4OS. The Morgan fingerprint density at radius 3 is 2.60 bits per heavy atom. The largest absolute Gasteiger partial charge is 0.331 e. The van der Waals surface area contributed by atoms with Crippen molar-refractivity contribution < 1.29 is 4.79 Å². The molecule has 0 heterocycles. The van der Waals surface area contributed by atoms with Gasteiger partial charge in [-0.05, 0) is 57.4 Å². The smallest absolute Gasteiger partial charge is 0.239 e. The van der Waals surface area contributed by atoms with Gasteiger partial charge in [0.2, 0.25) is 5.91 Å². The molecule has 0 saturated carbocycles. The molecule has 0 fully saturated rings. The zero-order valence-electron chi connectivity index (χ0n) is 12.4. The molecule has 0 radical (unpaired) electrons. The first-order chi connectivity index (χ1) is 9.38. The van der Waals surface area contributed by atoms with Crippen LogP contribution < -0.4 is 16.2 Å². The van der Waals surface area contributed by atoms with Gasteiger partial charge in [-0.15, -0.1) is 0 Å². The Hall–Kier alpha value is -1.66. The van der Waals surface area contributed by atoms with Gasteiger partial charge in [-0.1, -0.05) is 12.1 Å². The summed E-state index contributed by atoms with van der Waals surface area (Å²) in [6, 6.07) is 6.08. The summed E-state index contributed by atoms with van der Waals surface area (Å²) in [6.45, 7) is 4.72. The van der Waals surface area contributed by atoms with E-state index in [9.17, 15) is 4.79 Å². The quantitative estimate of drug-likeness (QED) is 0.581. The van der Waals surface area contributed by atoms with Crippen molar-refractivity contribution in [3.63, 3.8) is 0 Å². The van der Waals surface area contributed by atoms with E-state index in [1.54, 1.807) is 0 Å². The third-order valence-electron chi connectivity index (χ3n) is 2.74. The minimum absolute atomic E-state index is 0.0937. The fourth-order valence-corrected chi connectivity index (χ4v) is 1.70. The lowest BCUT2D eigenvalue weighted by Gasteiger charge is -2.14. The van der Waals surface area contributed by atoms with Gasteiger partial charge in [0.05, 0.1) is 0 Å². The van der Waals surface area contributed by atoms with Gasteiger partial charge in [0, 0.05) is 18.7 Å². The Kier molecular flexibility index (Phi) is 6.41. The zero-order valence-corrected chi connectivity index (χ0v) is 13.2. The fourth-order valence-electron chi connectivity index (χ4n) is 1.54. The Bertz CT molecular complexity index is 488. The lowest BCUT2D eigenvalue weighted by Crippen LogP contribution is -2.44. The number of hydrazine groups is 1. The van der Waals surface area contributed by atoms with Crippen LogP contribution in [0.4, 0.5) is 5.69 Å². The van der Waals surface area contributed by atoms with Crippen molar-refractivity contribution in [2.45, 2.75) is 20.3 Å². The van der Waals surface area contributed by atoms with Crippen LogP contribution in [0.1, 0.15) is 17.5 Å². The van der Waals surface area contributed by atoms with Crippen LogP contribution in [0.25, 0.3) is 0 Å². The van der Waals surface area contributed by atoms with Gasteiger partial charge >= 0.3 is 0 Å². The van der Waals surface area contributed by atoms with Gasteiger partial charge in [0.25, 0.3) is 0 Å². The Labute approximate surface area is 125 Å². The SMILES string of the molecule is Cc1ccc(C)c(NC(=S)NNC(=O)CCN(C)C)c1. The second-order valence-electron chi connectivity index (χ2n) is 5.00. The van der Waals surface area contributed by atoms with E-state index in [1.165, 1.54) is 0 Å². The molecule has 6 heteroatoms. The van der Waals surface area contributed by atoms with Gasteiger partial charge in [-0.25, -0.2) is 0 Å². The summed E-state index contributed by atoms with van der Waals surface area (Å²) in [5.74, 6) is -0.0937. The van der Waals surface area contributed by atoms with Crippen molar-refractivity contribution in [2.24, 2.45) is 0 Å². The van der Waals surface area contributed by atoms with Crippen LogP contribution in [0.5, 0.6) is 0 Å². The minimum Gasteiger partial charge on any atom is -0.331 e. The number of carbonyl (C=O) groups excluding carboxylic acids is 1. The predicted molar refractivity (Wildman–Crippen MR) is 86.6 cm³/mol. The Morgan fingerprint density at radius 2 is 1.95 bits per heavy atom. The van der Waals surface area contributed by atoms with Gasteiger partial charge in [0.15, 0.2) is 5.11 Å². The van der Waals surface area contributed by atoms with Crippen molar-refractivity contribution >= 4 is 28.9 Å². The average molecular weight is 294 g/mol. The van der Waals surface area contributed by atoms with Gasteiger partial charge in [0.1, 0.15) is 0 Å². The first-order valence-corrected chi connectivity index (χ1v) is 6.87. The molecule has 1 rings (SSSR count). The summed E-state index contributed by atoms with van der Waals surface area (Å²) >= 11 is 5.15. The van der Waals surface area contributed by atoms with Gasteiger partial charge in [-0.3, -0.25) is 15.6 Å². The van der Waals surface area contributed by atoms with Gasteiger partial charge in [-0.2, -0.15) is 0 Å². The molecule has 0 aliphatic heterocycles. The maximum Gasteiger partial charge on any atom is 0.239 e. The number of anilines is 1. The highest BCUT2D eigenvalue weighted by atomic mass is 32.1. The van der Waals surface area contributed by atoms with E-state index >= 15 is 0 Å². The van der Waals surface area contributed by atoms with Crippen LogP contribution in [0.3, 0.4) is 0 Å².